The molecule has 2 aromatic carbocycles. The third-order valence-corrected chi connectivity index (χ3v) is 3.58. The molecular formula is C18H16ClN3. The maximum atomic E-state index is 5.96. The lowest BCUT2D eigenvalue weighted by molar-refractivity contribution is 1.23. The standard InChI is InChI=1S/C18H16ClN3/c1-12-6-7-16-17(8-12)21-13(2)9-18(16)22-20-11-14-4-3-5-15(19)10-14/h3-11H,1-2H3,(H,21,22). The third kappa shape index (κ3) is 3.26. The number of hydrogen-bond acceptors (Lipinski definition) is 3. The number of anilines is 1. The lowest BCUT2D eigenvalue weighted by atomic mass is 10.1. The van der Waals surface area contributed by atoms with Crippen molar-refractivity contribution in [2.24, 2.45) is 5.10 Å². The summed E-state index contributed by atoms with van der Waals surface area (Å²) in [4.78, 5) is 4.57. The molecule has 1 aromatic heterocycles. The van der Waals surface area contributed by atoms with Gasteiger partial charge in [-0.3, -0.25) is 10.4 Å². The van der Waals surface area contributed by atoms with Gasteiger partial charge in [0.25, 0.3) is 0 Å². The summed E-state index contributed by atoms with van der Waals surface area (Å²) in [7, 11) is 0. The second-order valence-corrected chi connectivity index (χ2v) is 5.69. The van der Waals surface area contributed by atoms with E-state index in [9.17, 15) is 0 Å². The lowest BCUT2D eigenvalue weighted by Gasteiger charge is -2.07. The van der Waals surface area contributed by atoms with Crippen molar-refractivity contribution >= 4 is 34.4 Å². The van der Waals surface area contributed by atoms with Crippen LogP contribution in [0.4, 0.5) is 5.69 Å². The summed E-state index contributed by atoms with van der Waals surface area (Å²) < 4.78 is 0. The van der Waals surface area contributed by atoms with E-state index >= 15 is 0 Å². The number of benzene rings is 2. The van der Waals surface area contributed by atoms with Crippen molar-refractivity contribution in [2.75, 3.05) is 5.43 Å². The molecule has 3 rings (SSSR count). The number of pyridine rings is 1. The van der Waals surface area contributed by atoms with Crippen LogP contribution < -0.4 is 5.43 Å². The molecule has 0 aliphatic rings. The van der Waals surface area contributed by atoms with Gasteiger partial charge in [0.2, 0.25) is 0 Å². The number of aromatic nitrogens is 1. The van der Waals surface area contributed by atoms with Crippen LogP contribution in [-0.4, -0.2) is 11.2 Å². The minimum absolute atomic E-state index is 0.699. The van der Waals surface area contributed by atoms with Gasteiger partial charge in [0.1, 0.15) is 0 Å². The van der Waals surface area contributed by atoms with Crippen molar-refractivity contribution in [1.29, 1.82) is 0 Å². The van der Waals surface area contributed by atoms with Gasteiger partial charge in [-0.25, -0.2) is 0 Å². The Labute approximate surface area is 134 Å². The first-order valence-electron chi connectivity index (χ1n) is 7.04. The van der Waals surface area contributed by atoms with Crippen LogP contribution in [0.2, 0.25) is 5.02 Å². The molecule has 22 heavy (non-hydrogen) atoms. The van der Waals surface area contributed by atoms with Gasteiger partial charge in [-0.1, -0.05) is 35.9 Å². The van der Waals surface area contributed by atoms with Crippen molar-refractivity contribution < 1.29 is 0 Å². The molecular weight excluding hydrogens is 294 g/mol. The first-order chi connectivity index (χ1) is 10.6. The van der Waals surface area contributed by atoms with E-state index in [4.69, 9.17) is 11.6 Å². The highest BCUT2D eigenvalue weighted by atomic mass is 35.5. The van der Waals surface area contributed by atoms with Crippen LogP contribution >= 0.6 is 11.6 Å². The van der Waals surface area contributed by atoms with Crippen molar-refractivity contribution in [3.8, 4) is 0 Å². The molecule has 0 unspecified atom stereocenters. The maximum absolute atomic E-state index is 5.96. The highest BCUT2D eigenvalue weighted by molar-refractivity contribution is 6.30. The van der Waals surface area contributed by atoms with Gasteiger partial charge in [0.05, 0.1) is 17.4 Å². The zero-order valence-electron chi connectivity index (χ0n) is 12.5. The van der Waals surface area contributed by atoms with Crippen LogP contribution in [0, 0.1) is 13.8 Å². The van der Waals surface area contributed by atoms with Crippen LogP contribution in [0.1, 0.15) is 16.8 Å². The summed E-state index contributed by atoms with van der Waals surface area (Å²) in [5.74, 6) is 0. The second kappa shape index (κ2) is 6.16. The predicted molar refractivity (Wildman–Crippen MR) is 93.9 cm³/mol. The van der Waals surface area contributed by atoms with E-state index in [1.54, 1.807) is 6.21 Å². The Morgan fingerprint density at radius 3 is 2.77 bits per heavy atom. The smallest absolute Gasteiger partial charge is 0.0729 e. The van der Waals surface area contributed by atoms with E-state index < -0.39 is 0 Å². The van der Waals surface area contributed by atoms with E-state index in [2.05, 4.69) is 40.6 Å². The zero-order chi connectivity index (χ0) is 15.5. The normalized spacial score (nSPS) is 11.2. The molecule has 0 amide bonds. The Kier molecular flexibility index (Phi) is 4.07. The lowest BCUT2D eigenvalue weighted by Crippen LogP contribution is -1.95. The number of aryl methyl sites for hydroxylation is 2. The van der Waals surface area contributed by atoms with Crippen LogP contribution in [-0.2, 0) is 0 Å². The summed E-state index contributed by atoms with van der Waals surface area (Å²) in [6.45, 7) is 4.04. The summed E-state index contributed by atoms with van der Waals surface area (Å²) in [5, 5.41) is 6.06. The number of rotatable bonds is 3. The Bertz CT molecular complexity index is 851. The second-order valence-electron chi connectivity index (χ2n) is 5.26. The topological polar surface area (TPSA) is 37.3 Å². The first-order valence-corrected chi connectivity index (χ1v) is 7.42. The molecule has 110 valence electrons. The number of nitrogens with one attached hydrogen (secondary N) is 1. The average molecular weight is 310 g/mol. The molecule has 1 heterocycles. The SMILES string of the molecule is Cc1ccc2c(NN=Cc3cccc(Cl)c3)cc(C)nc2c1. The van der Waals surface area contributed by atoms with Gasteiger partial charge < -0.3 is 0 Å². The molecule has 0 radical (unpaired) electrons. The van der Waals surface area contributed by atoms with Gasteiger partial charge in [-0.2, -0.15) is 5.10 Å². The van der Waals surface area contributed by atoms with E-state index in [1.807, 2.05) is 37.3 Å². The number of fused-ring (bicyclic) bond motifs is 1. The molecule has 0 saturated heterocycles. The third-order valence-electron chi connectivity index (χ3n) is 3.34. The minimum Gasteiger partial charge on any atom is -0.278 e. The number of hydrogen-bond donors (Lipinski definition) is 1. The summed E-state index contributed by atoms with van der Waals surface area (Å²) in [5.41, 5.74) is 8.12. The number of hydrazone groups is 1. The van der Waals surface area contributed by atoms with Gasteiger partial charge in [-0.05, 0) is 49.2 Å². The van der Waals surface area contributed by atoms with E-state index in [0.29, 0.717) is 5.02 Å². The van der Waals surface area contributed by atoms with Gasteiger partial charge in [0.15, 0.2) is 0 Å². The molecule has 3 nitrogen and oxygen atoms in total. The van der Waals surface area contributed by atoms with Crippen LogP contribution in [0.3, 0.4) is 0 Å². The first kappa shape index (κ1) is 14.5. The summed E-state index contributed by atoms with van der Waals surface area (Å²) in [6.07, 6.45) is 1.75. The van der Waals surface area contributed by atoms with E-state index in [-0.39, 0.29) is 0 Å². The quantitative estimate of drug-likeness (QED) is 0.549. The predicted octanol–water partition coefficient (Wildman–Crippen LogP) is 4.95. The van der Waals surface area contributed by atoms with Crippen LogP contribution in [0.15, 0.2) is 53.6 Å². The van der Waals surface area contributed by atoms with Gasteiger partial charge in [0, 0.05) is 16.1 Å². The van der Waals surface area contributed by atoms with Crippen molar-refractivity contribution in [2.45, 2.75) is 13.8 Å². The maximum Gasteiger partial charge on any atom is 0.0729 e. The van der Waals surface area contributed by atoms with Gasteiger partial charge >= 0.3 is 0 Å². The van der Waals surface area contributed by atoms with Crippen molar-refractivity contribution in [1.82, 2.24) is 4.98 Å². The summed E-state index contributed by atoms with van der Waals surface area (Å²) in [6, 6.07) is 15.8. The van der Waals surface area contributed by atoms with Crippen LogP contribution in [0.25, 0.3) is 10.9 Å². The molecule has 0 fully saturated rings. The molecule has 1 N–H and O–H groups in total. The van der Waals surface area contributed by atoms with Crippen molar-refractivity contribution in [3.63, 3.8) is 0 Å². The molecule has 3 aromatic rings. The van der Waals surface area contributed by atoms with Crippen molar-refractivity contribution in [3.05, 3.63) is 70.4 Å². The summed E-state index contributed by atoms with van der Waals surface area (Å²) >= 11 is 5.96. The highest BCUT2D eigenvalue weighted by Gasteiger charge is 2.03. The molecule has 0 atom stereocenters. The molecule has 0 bridgehead atoms. The van der Waals surface area contributed by atoms with Gasteiger partial charge in [-0.15, -0.1) is 0 Å². The number of nitrogens with zero attached hydrogens (tertiary/aromatic N) is 2. The Hall–Kier alpha value is -2.39. The minimum atomic E-state index is 0.699. The van der Waals surface area contributed by atoms with E-state index in [1.165, 1.54) is 5.56 Å². The Morgan fingerprint density at radius 1 is 1.09 bits per heavy atom. The Balaban J connectivity index is 1.90. The fourth-order valence-corrected chi connectivity index (χ4v) is 2.53. The molecule has 0 spiro atoms. The fourth-order valence-electron chi connectivity index (χ4n) is 2.33. The molecule has 4 heteroatoms. The largest absolute Gasteiger partial charge is 0.278 e. The highest BCUT2D eigenvalue weighted by Crippen LogP contribution is 2.24. The zero-order valence-corrected chi connectivity index (χ0v) is 13.2. The molecule has 0 aliphatic carbocycles. The Morgan fingerprint density at radius 2 is 1.95 bits per heavy atom. The van der Waals surface area contributed by atoms with Crippen LogP contribution in [0.5, 0.6) is 0 Å². The van der Waals surface area contributed by atoms with E-state index in [0.717, 1.165) is 27.8 Å². The monoisotopic (exact) mass is 309 g/mol. The molecule has 0 saturated carbocycles. The average Bonchev–Trinajstić information content (AvgIpc) is 2.46. The fraction of sp³-hybridized carbons (Fsp3) is 0.111. The number of halogens is 1. The molecule has 0 aliphatic heterocycles.